The second-order valence-corrected chi connectivity index (χ2v) is 5.59. The van der Waals surface area contributed by atoms with E-state index in [4.69, 9.17) is 9.88 Å². The van der Waals surface area contributed by atoms with Crippen molar-refractivity contribution >= 4 is 10.0 Å². The molecule has 0 atom stereocenters. The van der Waals surface area contributed by atoms with E-state index in [1.54, 1.807) is 12.1 Å². The van der Waals surface area contributed by atoms with Crippen molar-refractivity contribution in [2.75, 3.05) is 0 Å². The van der Waals surface area contributed by atoms with Gasteiger partial charge in [-0.1, -0.05) is 0 Å². The molecule has 1 aromatic heterocycles. The molecule has 0 spiro atoms. The minimum Gasteiger partial charge on any atom is -0.486 e. The normalized spacial score (nSPS) is 11.5. The van der Waals surface area contributed by atoms with Crippen LogP contribution in [0.15, 0.2) is 29.2 Å². The third-order valence-corrected chi connectivity index (χ3v) is 3.63. The summed E-state index contributed by atoms with van der Waals surface area (Å²) in [6.45, 7) is 2.10. The van der Waals surface area contributed by atoms with Gasteiger partial charge >= 0.3 is 0 Å². The Morgan fingerprint density at radius 2 is 1.89 bits per heavy atom. The van der Waals surface area contributed by atoms with Crippen molar-refractivity contribution in [3.63, 3.8) is 0 Å². The van der Waals surface area contributed by atoms with Gasteiger partial charge in [0, 0.05) is 7.05 Å². The molecule has 2 rings (SSSR count). The number of ether oxygens (including phenoxy) is 1. The molecule has 0 radical (unpaired) electrons. The van der Waals surface area contributed by atoms with Gasteiger partial charge in [0.15, 0.2) is 5.82 Å². The number of primary sulfonamides is 1. The third-order valence-electron chi connectivity index (χ3n) is 2.70. The predicted molar refractivity (Wildman–Crippen MR) is 67.9 cm³/mol. The SMILES string of the molecule is Cc1nnc(COc2ccc(S(N)(=O)=O)cc2)n1C. The van der Waals surface area contributed by atoms with Crippen LogP contribution in [0.5, 0.6) is 5.75 Å². The van der Waals surface area contributed by atoms with Gasteiger partial charge in [-0.05, 0) is 31.2 Å². The lowest BCUT2D eigenvalue weighted by molar-refractivity contribution is 0.291. The first kappa shape index (κ1) is 13.5. The number of hydrogen-bond acceptors (Lipinski definition) is 5. The topological polar surface area (TPSA) is 100 Å². The molecule has 1 aromatic carbocycles. The van der Waals surface area contributed by atoms with Crippen molar-refractivity contribution in [1.82, 2.24) is 14.8 Å². The molecule has 1 heterocycles. The van der Waals surface area contributed by atoms with Gasteiger partial charge in [0.2, 0.25) is 10.0 Å². The number of rotatable bonds is 4. The number of nitrogens with zero attached hydrogens (tertiary/aromatic N) is 3. The highest BCUT2D eigenvalue weighted by molar-refractivity contribution is 7.89. The highest BCUT2D eigenvalue weighted by atomic mass is 32.2. The largest absolute Gasteiger partial charge is 0.486 e. The van der Waals surface area contributed by atoms with Gasteiger partial charge in [-0.25, -0.2) is 13.6 Å². The lowest BCUT2D eigenvalue weighted by atomic mass is 10.3. The Kier molecular flexibility index (Phi) is 3.54. The predicted octanol–water partition coefficient (Wildman–Crippen LogP) is 0.350. The third kappa shape index (κ3) is 3.09. The smallest absolute Gasteiger partial charge is 0.238 e. The monoisotopic (exact) mass is 282 g/mol. The number of aryl methyl sites for hydroxylation is 1. The van der Waals surface area contributed by atoms with Gasteiger partial charge in [-0.3, -0.25) is 0 Å². The van der Waals surface area contributed by atoms with Crippen LogP contribution < -0.4 is 9.88 Å². The summed E-state index contributed by atoms with van der Waals surface area (Å²) in [6, 6.07) is 5.88. The van der Waals surface area contributed by atoms with Crippen molar-refractivity contribution in [2.45, 2.75) is 18.4 Å². The minimum atomic E-state index is -3.67. The Hall–Kier alpha value is -1.93. The second kappa shape index (κ2) is 4.98. The molecule has 0 amide bonds. The molecule has 0 aliphatic rings. The summed E-state index contributed by atoms with van der Waals surface area (Å²) < 4.78 is 29.5. The second-order valence-electron chi connectivity index (χ2n) is 4.03. The van der Waals surface area contributed by atoms with Crippen molar-refractivity contribution in [2.24, 2.45) is 12.2 Å². The molecule has 0 aliphatic heterocycles. The van der Waals surface area contributed by atoms with Crippen LogP contribution in [0.25, 0.3) is 0 Å². The summed E-state index contributed by atoms with van der Waals surface area (Å²) in [6.07, 6.45) is 0. The number of nitrogens with two attached hydrogens (primary N) is 1. The Morgan fingerprint density at radius 1 is 1.26 bits per heavy atom. The van der Waals surface area contributed by atoms with Gasteiger partial charge in [-0.2, -0.15) is 0 Å². The zero-order chi connectivity index (χ0) is 14.0. The zero-order valence-corrected chi connectivity index (χ0v) is 11.4. The van der Waals surface area contributed by atoms with Gasteiger partial charge in [0.25, 0.3) is 0 Å². The Bertz CT molecular complexity index is 676. The average Bonchev–Trinajstić information content (AvgIpc) is 2.67. The van der Waals surface area contributed by atoms with Crippen LogP contribution in [0.4, 0.5) is 0 Å². The molecule has 19 heavy (non-hydrogen) atoms. The minimum absolute atomic E-state index is 0.0503. The van der Waals surface area contributed by atoms with Gasteiger partial charge in [-0.15, -0.1) is 10.2 Å². The van der Waals surface area contributed by atoms with E-state index in [9.17, 15) is 8.42 Å². The Labute approximate surface area is 111 Å². The first-order chi connectivity index (χ1) is 8.88. The molecule has 8 heteroatoms. The maximum Gasteiger partial charge on any atom is 0.238 e. The fourth-order valence-electron chi connectivity index (χ4n) is 1.45. The molecule has 0 fully saturated rings. The lowest BCUT2D eigenvalue weighted by Crippen LogP contribution is -2.11. The highest BCUT2D eigenvalue weighted by Crippen LogP contribution is 2.16. The fraction of sp³-hybridized carbons (Fsp3) is 0.273. The van der Waals surface area contributed by atoms with Crippen LogP contribution in [0, 0.1) is 6.92 Å². The van der Waals surface area contributed by atoms with Crippen LogP contribution in [-0.4, -0.2) is 23.2 Å². The molecule has 0 saturated heterocycles. The molecule has 2 N–H and O–H groups in total. The number of sulfonamides is 1. The summed E-state index contributed by atoms with van der Waals surface area (Å²) in [4.78, 5) is 0.0503. The number of aromatic nitrogens is 3. The van der Waals surface area contributed by atoms with Crippen LogP contribution in [0.3, 0.4) is 0 Å². The van der Waals surface area contributed by atoms with Crippen LogP contribution in [0.2, 0.25) is 0 Å². The van der Waals surface area contributed by atoms with E-state index in [0.29, 0.717) is 11.6 Å². The average molecular weight is 282 g/mol. The number of hydrogen-bond donors (Lipinski definition) is 1. The van der Waals surface area contributed by atoms with Gasteiger partial charge in [0.1, 0.15) is 18.2 Å². The highest BCUT2D eigenvalue weighted by Gasteiger charge is 2.08. The van der Waals surface area contributed by atoms with Gasteiger partial charge < -0.3 is 9.30 Å². The lowest BCUT2D eigenvalue weighted by Gasteiger charge is -2.06. The van der Waals surface area contributed by atoms with Crippen molar-refractivity contribution in [1.29, 1.82) is 0 Å². The summed E-state index contributed by atoms with van der Waals surface area (Å²) in [7, 11) is -1.83. The van der Waals surface area contributed by atoms with E-state index in [2.05, 4.69) is 10.2 Å². The molecule has 0 aliphatic carbocycles. The molecule has 0 bridgehead atoms. The summed E-state index contributed by atoms with van der Waals surface area (Å²) >= 11 is 0. The van der Waals surface area contributed by atoms with E-state index >= 15 is 0 Å². The van der Waals surface area contributed by atoms with E-state index in [1.807, 2.05) is 18.5 Å². The van der Waals surface area contributed by atoms with Gasteiger partial charge in [0.05, 0.1) is 4.90 Å². The van der Waals surface area contributed by atoms with Crippen LogP contribution >= 0.6 is 0 Å². The standard InChI is InChI=1S/C11H14N4O3S/c1-8-13-14-11(15(8)2)7-18-9-3-5-10(6-4-9)19(12,16)17/h3-6H,7H2,1-2H3,(H2,12,16,17). The van der Waals surface area contributed by atoms with Crippen molar-refractivity contribution in [3.8, 4) is 5.75 Å². The van der Waals surface area contributed by atoms with Crippen LogP contribution in [-0.2, 0) is 23.7 Å². The summed E-state index contributed by atoms with van der Waals surface area (Å²) in [5.74, 6) is 2.02. The number of benzene rings is 1. The van der Waals surface area contributed by atoms with Crippen LogP contribution in [0.1, 0.15) is 11.6 Å². The Morgan fingerprint density at radius 3 is 2.37 bits per heavy atom. The zero-order valence-electron chi connectivity index (χ0n) is 10.6. The summed E-state index contributed by atoms with van der Waals surface area (Å²) in [5.41, 5.74) is 0. The Balaban J connectivity index is 2.07. The van der Waals surface area contributed by atoms with Crippen molar-refractivity contribution < 1.29 is 13.2 Å². The maximum atomic E-state index is 11.1. The molecule has 2 aromatic rings. The van der Waals surface area contributed by atoms with E-state index in [1.165, 1.54) is 12.1 Å². The fourth-order valence-corrected chi connectivity index (χ4v) is 1.97. The maximum absolute atomic E-state index is 11.1. The summed E-state index contributed by atoms with van der Waals surface area (Å²) in [5, 5.41) is 12.9. The molecule has 0 unspecified atom stereocenters. The first-order valence-electron chi connectivity index (χ1n) is 5.48. The molecule has 102 valence electrons. The first-order valence-corrected chi connectivity index (χ1v) is 7.03. The van der Waals surface area contributed by atoms with E-state index < -0.39 is 10.0 Å². The molecular weight excluding hydrogens is 268 g/mol. The molecule has 7 nitrogen and oxygen atoms in total. The molecular formula is C11H14N4O3S. The quantitative estimate of drug-likeness (QED) is 0.872. The van der Waals surface area contributed by atoms with E-state index in [-0.39, 0.29) is 11.5 Å². The molecule has 0 saturated carbocycles. The van der Waals surface area contributed by atoms with E-state index in [0.717, 1.165) is 5.82 Å². The van der Waals surface area contributed by atoms with Crippen molar-refractivity contribution in [3.05, 3.63) is 35.9 Å².